The summed E-state index contributed by atoms with van der Waals surface area (Å²) in [6, 6.07) is 0. The first-order valence-electron chi connectivity index (χ1n) is 5.74. The van der Waals surface area contributed by atoms with Crippen LogP contribution in [-0.2, 0) is 0 Å². The van der Waals surface area contributed by atoms with E-state index in [1.165, 1.54) is 6.42 Å². The molecule has 0 saturated heterocycles. The van der Waals surface area contributed by atoms with E-state index in [2.05, 4.69) is 36.5 Å². The van der Waals surface area contributed by atoms with Crippen molar-refractivity contribution in [3.8, 4) is 0 Å². The second-order valence-electron chi connectivity index (χ2n) is 4.51. The zero-order chi connectivity index (χ0) is 12.3. The first-order valence-corrected chi connectivity index (χ1v) is 6.53. The van der Waals surface area contributed by atoms with Gasteiger partial charge in [0.2, 0.25) is 5.95 Å². The summed E-state index contributed by atoms with van der Waals surface area (Å²) in [7, 11) is 1.82. The molecule has 0 spiro atoms. The minimum absolute atomic E-state index is 0.0379. The SMILES string of the molecule is CNc1nc(NCC2(CO)CCC2)ncc1Br. The molecule has 2 rings (SSSR count). The summed E-state index contributed by atoms with van der Waals surface area (Å²) in [5.74, 6) is 1.35. The summed E-state index contributed by atoms with van der Waals surface area (Å²) < 4.78 is 0.839. The van der Waals surface area contributed by atoms with Crippen molar-refractivity contribution in [1.29, 1.82) is 0 Å². The quantitative estimate of drug-likeness (QED) is 0.774. The van der Waals surface area contributed by atoms with Gasteiger partial charge in [-0.3, -0.25) is 0 Å². The standard InChI is InChI=1S/C11H17BrN4O/c1-13-9-8(12)5-14-10(16-9)15-6-11(7-17)3-2-4-11/h5,17H,2-4,6-7H2,1H3,(H2,13,14,15,16). The highest BCUT2D eigenvalue weighted by molar-refractivity contribution is 9.10. The van der Waals surface area contributed by atoms with Crippen LogP contribution in [0.25, 0.3) is 0 Å². The largest absolute Gasteiger partial charge is 0.396 e. The van der Waals surface area contributed by atoms with E-state index < -0.39 is 0 Å². The van der Waals surface area contributed by atoms with E-state index >= 15 is 0 Å². The number of hydrogen-bond acceptors (Lipinski definition) is 5. The molecule has 0 unspecified atom stereocenters. The van der Waals surface area contributed by atoms with Gasteiger partial charge in [-0.2, -0.15) is 4.98 Å². The van der Waals surface area contributed by atoms with Crippen LogP contribution in [0.1, 0.15) is 19.3 Å². The number of aliphatic hydroxyl groups excluding tert-OH is 1. The van der Waals surface area contributed by atoms with Gasteiger partial charge in [0.15, 0.2) is 0 Å². The van der Waals surface area contributed by atoms with Crippen molar-refractivity contribution < 1.29 is 5.11 Å². The molecule has 0 amide bonds. The van der Waals surface area contributed by atoms with E-state index in [1.54, 1.807) is 6.20 Å². The second kappa shape index (κ2) is 5.18. The third-order valence-corrected chi connectivity index (χ3v) is 3.93. The Morgan fingerprint density at radius 2 is 2.29 bits per heavy atom. The molecule has 0 aromatic carbocycles. The van der Waals surface area contributed by atoms with Gasteiger partial charge >= 0.3 is 0 Å². The highest BCUT2D eigenvalue weighted by atomic mass is 79.9. The van der Waals surface area contributed by atoms with Crippen LogP contribution in [0, 0.1) is 5.41 Å². The number of nitrogens with one attached hydrogen (secondary N) is 2. The lowest BCUT2D eigenvalue weighted by Gasteiger charge is -2.40. The van der Waals surface area contributed by atoms with Gasteiger partial charge in [0.05, 0.1) is 11.1 Å². The summed E-state index contributed by atoms with van der Waals surface area (Å²) in [6.07, 6.45) is 5.07. The molecule has 17 heavy (non-hydrogen) atoms. The Morgan fingerprint density at radius 3 is 2.82 bits per heavy atom. The van der Waals surface area contributed by atoms with E-state index in [1.807, 2.05) is 7.05 Å². The molecular weight excluding hydrogens is 284 g/mol. The maximum Gasteiger partial charge on any atom is 0.224 e. The molecule has 94 valence electrons. The zero-order valence-corrected chi connectivity index (χ0v) is 11.4. The maximum atomic E-state index is 9.36. The second-order valence-corrected chi connectivity index (χ2v) is 5.36. The summed E-state index contributed by atoms with van der Waals surface area (Å²) in [5.41, 5.74) is 0.0379. The lowest BCUT2D eigenvalue weighted by atomic mass is 9.69. The minimum atomic E-state index is 0.0379. The van der Waals surface area contributed by atoms with Crippen LogP contribution in [0.15, 0.2) is 10.7 Å². The van der Waals surface area contributed by atoms with Crippen molar-refractivity contribution in [2.45, 2.75) is 19.3 Å². The summed E-state index contributed by atoms with van der Waals surface area (Å²) in [6.45, 7) is 0.962. The van der Waals surface area contributed by atoms with E-state index in [-0.39, 0.29) is 12.0 Å². The van der Waals surface area contributed by atoms with Crippen molar-refractivity contribution in [3.63, 3.8) is 0 Å². The van der Waals surface area contributed by atoms with Crippen LogP contribution in [0.2, 0.25) is 0 Å². The monoisotopic (exact) mass is 300 g/mol. The number of nitrogens with zero attached hydrogens (tertiary/aromatic N) is 2. The number of rotatable bonds is 5. The topological polar surface area (TPSA) is 70.1 Å². The highest BCUT2D eigenvalue weighted by Crippen LogP contribution is 2.40. The molecular formula is C11H17BrN4O. The van der Waals surface area contributed by atoms with Gasteiger partial charge in [-0.15, -0.1) is 0 Å². The predicted molar refractivity (Wildman–Crippen MR) is 71.1 cm³/mol. The molecule has 1 aliphatic carbocycles. The van der Waals surface area contributed by atoms with Crippen molar-refractivity contribution >= 4 is 27.7 Å². The average molecular weight is 301 g/mol. The Morgan fingerprint density at radius 1 is 1.53 bits per heavy atom. The molecule has 3 N–H and O–H groups in total. The van der Waals surface area contributed by atoms with E-state index in [0.29, 0.717) is 5.95 Å². The fourth-order valence-corrected chi connectivity index (χ4v) is 2.35. The smallest absolute Gasteiger partial charge is 0.224 e. The Hall–Kier alpha value is -0.880. The lowest BCUT2D eigenvalue weighted by molar-refractivity contribution is 0.0575. The molecule has 6 heteroatoms. The minimum Gasteiger partial charge on any atom is -0.396 e. The Kier molecular flexibility index (Phi) is 3.83. The van der Waals surface area contributed by atoms with E-state index in [0.717, 1.165) is 29.7 Å². The van der Waals surface area contributed by atoms with E-state index in [4.69, 9.17) is 0 Å². The molecule has 0 bridgehead atoms. The van der Waals surface area contributed by atoms with Gasteiger partial charge in [-0.1, -0.05) is 6.42 Å². The molecule has 0 aliphatic heterocycles. The number of halogens is 1. The predicted octanol–water partition coefficient (Wildman–Crippen LogP) is 1.86. The van der Waals surface area contributed by atoms with Gasteiger partial charge in [-0.05, 0) is 28.8 Å². The molecule has 1 aromatic heterocycles. The average Bonchev–Trinajstić information content (AvgIpc) is 2.30. The lowest BCUT2D eigenvalue weighted by Crippen LogP contribution is -2.40. The van der Waals surface area contributed by atoms with Crippen molar-refractivity contribution in [2.75, 3.05) is 30.8 Å². The summed E-state index contributed by atoms with van der Waals surface area (Å²) in [5, 5.41) is 15.5. The number of aromatic nitrogens is 2. The Balaban J connectivity index is 1.99. The summed E-state index contributed by atoms with van der Waals surface area (Å²) >= 11 is 3.36. The van der Waals surface area contributed by atoms with Gasteiger partial charge in [0.25, 0.3) is 0 Å². The number of anilines is 2. The first kappa shape index (κ1) is 12.6. The van der Waals surface area contributed by atoms with Crippen LogP contribution in [0.3, 0.4) is 0 Å². The molecule has 1 saturated carbocycles. The Labute approximate surface area is 109 Å². The first-order chi connectivity index (χ1) is 8.19. The van der Waals surface area contributed by atoms with Gasteiger partial charge in [-0.25, -0.2) is 4.98 Å². The van der Waals surface area contributed by atoms with Crippen molar-refractivity contribution in [3.05, 3.63) is 10.7 Å². The molecule has 1 heterocycles. The van der Waals surface area contributed by atoms with Crippen molar-refractivity contribution in [2.24, 2.45) is 5.41 Å². The van der Waals surface area contributed by atoms with Crippen LogP contribution < -0.4 is 10.6 Å². The highest BCUT2D eigenvalue weighted by Gasteiger charge is 2.36. The summed E-state index contributed by atoms with van der Waals surface area (Å²) in [4.78, 5) is 8.52. The molecule has 0 atom stereocenters. The van der Waals surface area contributed by atoms with Crippen LogP contribution in [0.5, 0.6) is 0 Å². The zero-order valence-electron chi connectivity index (χ0n) is 9.83. The fraction of sp³-hybridized carbons (Fsp3) is 0.636. The molecule has 1 fully saturated rings. The van der Waals surface area contributed by atoms with Gasteiger partial charge in [0.1, 0.15) is 5.82 Å². The molecule has 1 aromatic rings. The van der Waals surface area contributed by atoms with Gasteiger partial charge in [0, 0.05) is 25.2 Å². The van der Waals surface area contributed by atoms with E-state index in [9.17, 15) is 5.11 Å². The van der Waals surface area contributed by atoms with Gasteiger partial charge < -0.3 is 15.7 Å². The van der Waals surface area contributed by atoms with Crippen molar-refractivity contribution in [1.82, 2.24) is 9.97 Å². The van der Waals surface area contributed by atoms with Crippen LogP contribution in [-0.4, -0.2) is 35.3 Å². The molecule has 1 aliphatic rings. The molecule has 5 nitrogen and oxygen atoms in total. The number of hydrogen-bond donors (Lipinski definition) is 3. The third kappa shape index (κ3) is 2.69. The third-order valence-electron chi connectivity index (χ3n) is 3.35. The van der Waals surface area contributed by atoms with Crippen LogP contribution >= 0.6 is 15.9 Å². The maximum absolute atomic E-state index is 9.36. The molecule has 0 radical (unpaired) electrons. The van der Waals surface area contributed by atoms with Crippen LogP contribution in [0.4, 0.5) is 11.8 Å². The normalized spacial score (nSPS) is 17.4. The fourth-order valence-electron chi connectivity index (χ4n) is 1.96. The number of aliphatic hydroxyl groups is 1. The Bertz CT molecular complexity index is 390.